The van der Waals surface area contributed by atoms with E-state index in [-0.39, 0.29) is 36.2 Å². The molecule has 0 aliphatic carbocycles. The van der Waals surface area contributed by atoms with Crippen molar-refractivity contribution < 1.29 is 41.1 Å². The van der Waals surface area contributed by atoms with Crippen LogP contribution in [0.1, 0.15) is 36.8 Å². The summed E-state index contributed by atoms with van der Waals surface area (Å²) in [5.41, 5.74) is 1.71. The third-order valence-corrected chi connectivity index (χ3v) is 8.30. The third kappa shape index (κ3) is 9.24. The van der Waals surface area contributed by atoms with Gasteiger partial charge in [-0.25, -0.2) is 13.2 Å². The number of amides is 2. The van der Waals surface area contributed by atoms with Gasteiger partial charge in [0.2, 0.25) is 21.8 Å². The number of benzene rings is 1. The van der Waals surface area contributed by atoms with E-state index in [1.807, 2.05) is 13.0 Å². The molecule has 3 rings (SSSR count). The summed E-state index contributed by atoms with van der Waals surface area (Å²) in [4.78, 5) is 37.3. The summed E-state index contributed by atoms with van der Waals surface area (Å²) in [6.07, 6.45) is -2.93. The first-order chi connectivity index (χ1) is 17.7. The van der Waals surface area contributed by atoms with Gasteiger partial charge in [-0.05, 0) is 38.3 Å². The first kappa shape index (κ1) is 31.5. The molecular formula is C24H35F3N4O6S. The number of aliphatic carboxylic acids is 1. The van der Waals surface area contributed by atoms with Gasteiger partial charge in [0.25, 0.3) is 0 Å². The number of carbonyl (C=O) groups is 3. The zero-order valence-corrected chi connectivity index (χ0v) is 22.4. The summed E-state index contributed by atoms with van der Waals surface area (Å²) in [5, 5.41) is 10.3. The Hall–Kier alpha value is -2.71. The first-order valence-electron chi connectivity index (χ1n) is 12.4. The molecule has 1 aromatic rings. The molecule has 14 heteroatoms. The average molecular weight is 565 g/mol. The van der Waals surface area contributed by atoms with Crippen molar-refractivity contribution in [1.29, 1.82) is 0 Å². The van der Waals surface area contributed by atoms with E-state index in [0.29, 0.717) is 38.0 Å². The topological polar surface area (TPSA) is 127 Å². The quantitative estimate of drug-likeness (QED) is 0.468. The highest BCUT2D eigenvalue weighted by Gasteiger charge is 2.38. The van der Waals surface area contributed by atoms with E-state index in [4.69, 9.17) is 9.90 Å². The maximum absolute atomic E-state index is 13.5. The molecule has 0 spiro atoms. The Kier molecular flexibility index (Phi) is 11.5. The van der Waals surface area contributed by atoms with Crippen LogP contribution in [-0.4, -0.2) is 104 Å². The van der Waals surface area contributed by atoms with Gasteiger partial charge in [0.1, 0.15) is 0 Å². The summed E-state index contributed by atoms with van der Waals surface area (Å²) in [5.74, 6) is -2.64. The monoisotopic (exact) mass is 564 g/mol. The number of nitrogens with zero attached hydrogens (tertiary/aromatic N) is 3. The predicted octanol–water partition coefficient (Wildman–Crippen LogP) is 1.76. The van der Waals surface area contributed by atoms with Gasteiger partial charge in [-0.2, -0.15) is 17.5 Å². The third-order valence-electron chi connectivity index (χ3n) is 6.24. The molecule has 2 amide bonds. The number of hydrogen-bond donors (Lipinski definition) is 2. The second-order valence-corrected chi connectivity index (χ2v) is 11.1. The van der Waals surface area contributed by atoms with Gasteiger partial charge >= 0.3 is 12.1 Å². The maximum Gasteiger partial charge on any atom is 0.490 e. The zero-order valence-electron chi connectivity index (χ0n) is 21.6. The number of piperazine rings is 1. The fourth-order valence-electron chi connectivity index (χ4n) is 4.25. The Labute approximate surface area is 220 Å². The number of nitrogens with one attached hydrogen (secondary N) is 1. The van der Waals surface area contributed by atoms with Crippen LogP contribution < -0.4 is 5.32 Å². The lowest BCUT2D eigenvalue weighted by Gasteiger charge is -2.29. The first-order valence-corrected chi connectivity index (χ1v) is 13.8. The number of carboxylic acids is 1. The van der Waals surface area contributed by atoms with Gasteiger partial charge in [-0.1, -0.05) is 17.7 Å². The van der Waals surface area contributed by atoms with E-state index in [1.54, 1.807) is 28.9 Å². The van der Waals surface area contributed by atoms with Crippen LogP contribution in [0, 0.1) is 13.8 Å². The summed E-state index contributed by atoms with van der Waals surface area (Å²) in [7, 11) is -3.74. The number of sulfonamides is 1. The molecule has 214 valence electrons. The number of carboxylic acid groups (broad SMARTS) is 1. The Morgan fingerprint density at radius 2 is 1.74 bits per heavy atom. The predicted molar refractivity (Wildman–Crippen MR) is 133 cm³/mol. The molecule has 0 radical (unpaired) electrons. The van der Waals surface area contributed by atoms with Gasteiger partial charge < -0.3 is 20.2 Å². The molecule has 0 unspecified atom stereocenters. The lowest BCUT2D eigenvalue weighted by molar-refractivity contribution is -0.192. The lowest BCUT2D eigenvalue weighted by atomic mass is 10.2. The lowest BCUT2D eigenvalue weighted by Crippen LogP contribution is -2.47. The summed E-state index contributed by atoms with van der Waals surface area (Å²) in [6, 6.07) is 5.31. The minimum atomic E-state index is -5.08. The highest BCUT2D eigenvalue weighted by molar-refractivity contribution is 7.89. The Bertz CT molecular complexity index is 1090. The van der Waals surface area contributed by atoms with Crippen LogP contribution in [-0.2, 0) is 24.4 Å². The van der Waals surface area contributed by atoms with E-state index in [1.165, 1.54) is 4.31 Å². The standard InChI is InChI=1S/C22H34N4O4S.C2HF3O2/c1-18-6-7-20(19(2)17-18)31(29,30)26(13-4-12-24-11-3-5-21(24)27)14-8-22(28)25-15-9-23-10-16-25;3-2(4,5)1(6)7/h6-7,17,23H,3-5,8-16H2,1-2H3;(H,6,7). The molecule has 38 heavy (non-hydrogen) atoms. The summed E-state index contributed by atoms with van der Waals surface area (Å²) >= 11 is 0. The van der Waals surface area contributed by atoms with Crippen molar-refractivity contribution in [2.75, 3.05) is 52.4 Å². The smallest absolute Gasteiger partial charge is 0.475 e. The van der Waals surface area contributed by atoms with Crippen molar-refractivity contribution in [3.05, 3.63) is 29.3 Å². The Balaban J connectivity index is 0.000000638. The van der Waals surface area contributed by atoms with Crippen molar-refractivity contribution in [3.8, 4) is 0 Å². The van der Waals surface area contributed by atoms with E-state index < -0.39 is 22.2 Å². The minimum Gasteiger partial charge on any atom is -0.475 e. The molecule has 2 N–H and O–H groups in total. The van der Waals surface area contributed by atoms with Crippen molar-refractivity contribution in [1.82, 2.24) is 19.4 Å². The van der Waals surface area contributed by atoms with Gasteiger partial charge in [0.15, 0.2) is 0 Å². The molecule has 0 saturated carbocycles. The van der Waals surface area contributed by atoms with Gasteiger partial charge in [-0.3, -0.25) is 9.59 Å². The number of alkyl halides is 3. The number of likely N-dealkylation sites (tertiary alicyclic amines) is 1. The van der Waals surface area contributed by atoms with Crippen LogP contribution in [0.5, 0.6) is 0 Å². The molecule has 2 aliphatic rings. The van der Waals surface area contributed by atoms with Crippen LogP contribution in [0.25, 0.3) is 0 Å². The van der Waals surface area contributed by atoms with Crippen molar-refractivity contribution in [2.24, 2.45) is 0 Å². The number of aryl methyl sites for hydroxylation is 2. The normalized spacial score (nSPS) is 16.4. The molecule has 1 aromatic carbocycles. The van der Waals surface area contributed by atoms with Crippen molar-refractivity contribution >= 4 is 27.8 Å². The Morgan fingerprint density at radius 1 is 1.11 bits per heavy atom. The van der Waals surface area contributed by atoms with Crippen LogP contribution in [0.3, 0.4) is 0 Å². The molecular weight excluding hydrogens is 529 g/mol. The molecule has 2 aliphatic heterocycles. The summed E-state index contributed by atoms with van der Waals surface area (Å²) < 4.78 is 60.1. The Morgan fingerprint density at radius 3 is 2.26 bits per heavy atom. The van der Waals surface area contributed by atoms with Crippen LogP contribution in [0.4, 0.5) is 13.2 Å². The van der Waals surface area contributed by atoms with E-state index in [9.17, 15) is 31.2 Å². The maximum atomic E-state index is 13.5. The SMILES string of the molecule is Cc1ccc(S(=O)(=O)N(CCCN2CCCC2=O)CCC(=O)N2CCNCC2)c(C)c1.O=C(O)C(F)(F)F. The molecule has 2 saturated heterocycles. The molecule has 2 heterocycles. The second-order valence-electron chi connectivity index (χ2n) is 9.19. The van der Waals surface area contributed by atoms with E-state index >= 15 is 0 Å². The van der Waals surface area contributed by atoms with Gasteiger partial charge in [0.05, 0.1) is 4.90 Å². The minimum absolute atomic E-state index is 0.0166. The summed E-state index contributed by atoms with van der Waals surface area (Å²) in [6.45, 7) is 8.28. The van der Waals surface area contributed by atoms with E-state index in [2.05, 4.69) is 5.32 Å². The average Bonchev–Trinajstić information content (AvgIpc) is 3.25. The highest BCUT2D eigenvalue weighted by Crippen LogP contribution is 2.22. The highest BCUT2D eigenvalue weighted by atomic mass is 32.2. The fourth-order valence-corrected chi connectivity index (χ4v) is 5.94. The molecule has 0 bridgehead atoms. The van der Waals surface area contributed by atoms with Crippen molar-refractivity contribution in [2.45, 2.75) is 50.6 Å². The van der Waals surface area contributed by atoms with Crippen LogP contribution in [0.15, 0.2) is 23.1 Å². The van der Waals surface area contributed by atoms with Gasteiger partial charge in [0, 0.05) is 65.2 Å². The fraction of sp³-hybridized carbons (Fsp3) is 0.625. The molecule has 0 atom stereocenters. The van der Waals surface area contributed by atoms with Gasteiger partial charge in [-0.15, -0.1) is 0 Å². The molecule has 2 fully saturated rings. The van der Waals surface area contributed by atoms with Crippen LogP contribution >= 0.6 is 0 Å². The number of hydrogen-bond acceptors (Lipinski definition) is 6. The van der Waals surface area contributed by atoms with Crippen LogP contribution in [0.2, 0.25) is 0 Å². The van der Waals surface area contributed by atoms with E-state index in [0.717, 1.165) is 31.6 Å². The molecule has 0 aromatic heterocycles. The molecule has 10 nitrogen and oxygen atoms in total. The van der Waals surface area contributed by atoms with Crippen molar-refractivity contribution in [3.63, 3.8) is 0 Å². The number of rotatable bonds is 9. The number of carbonyl (C=O) groups excluding carboxylic acids is 2. The zero-order chi connectivity index (χ0) is 28.5. The number of halogens is 3. The largest absolute Gasteiger partial charge is 0.490 e. The second kappa shape index (κ2) is 13.9.